The molecule has 0 aromatic rings. The molecule has 0 aromatic carbocycles. The van der Waals surface area contributed by atoms with Gasteiger partial charge in [0.05, 0.1) is 0 Å². The van der Waals surface area contributed by atoms with Crippen molar-refractivity contribution in [3.8, 4) is 0 Å². The second-order valence-electron chi connectivity index (χ2n) is 5.91. The predicted octanol–water partition coefficient (Wildman–Crippen LogP) is 6.27. The van der Waals surface area contributed by atoms with Crippen LogP contribution in [-0.4, -0.2) is 5.66 Å². The van der Waals surface area contributed by atoms with Gasteiger partial charge in [0, 0.05) is 0 Å². The molecule has 0 aliphatic heterocycles. The van der Waals surface area contributed by atoms with Crippen LogP contribution < -0.4 is 0 Å². The summed E-state index contributed by atoms with van der Waals surface area (Å²) in [6.45, 7) is 0. The quantitative estimate of drug-likeness (QED) is 0.531. The van der Waals surface area contributed by atoms with Crippen LogP contribution in [0.1, 0.15) is 57.8 Å². The van der Waals surface area contributed by atoms with E-state index in [4.69, 9.17) is 0 Å². The van der Waals surface area contributed by atoms with Crippen LogP contribution in [-0.2, 0) is 0 Å². The third-order valence-electron chi connectivity index (χ3n) is 4.54. The molecule has 1 saturated carbocycles. The van der Waals surface area contributed by atoms with Crippen LogP contribution in [0.25, 0.3) is 0 Å². The molecule has 0 bridgehead atoms. The summed E-state index contributed by atoms with van der Waals surface area (Å²) in [6, 6.07) is 0. The minimum Gasteiger partial charge on any atom is -0.0842 e. The number of rotatable bonds is 3. The molecule has 3 rings (SSSR count). The average molecular weight is 272 g/mol. The van der Waals surface area contributed by atoms with Gasteiger partial charge in [0.2, 0.25) is 0 Å². The molecule has 0 nitrogen and oxygen atoms in total. The lowest BCUT2D eigenvalue weighted by Gasteiger charge is -2.35. The molecule has 19 heavy (non-hydrogen) atoms. The van der Waals surface area contributed by atoms with E-state index in [1.807, 2.05) is 0 Å². The van der Waals surface area contributed by atoms with E-state index < -0.39 is 0 Å². The third kappa shape index (κ3) is 3.29. The van der Waals surface area contributed by atoms with E-state index in [1.165, 1.54) is 57.8 Å². The van der Waals surface area contributed by atoms with Gasteiger partial charge in [0.15, 0.2) is 0 Å². The highest BCUT2D eigenvalue weighted by Gasteiger charge is 2.29. The lowest BCUT2D eigenvalue weighted by atomic mass is 10.0. The first-order chi connectivity index (χ1) is 9.45. The Bertz CT molecular complexity index is 387. The Morgan fingerprint density at radius 3 is 1.84 bits per heavy atom. The number of allylic oxidation sites excluding steroid dienone is 8. The standard InChI is InChI=1S/C18H25P/c1-4-10-16(11-5-1)19(17-12-6-2-7-13-17)18-14-8-3-9-15-18/h1-2,4,6,10,12,18H,3,5,7-9,11,13-15H2. The summed E-state index contributed by atoms with van der Waals surface area (Å²) >= 11 is 0. The van der Waals surface area contributed by atoms with Gasteiger partial charge in [-0.25, -0.2) is 0 Å². The zero-order valence-corrected chi connectivity index (χ0v) is 12.7. The van der Waals surface area contributed by atoms with Crippen LogP contribution in [0, 0.1) is 0 Å². The van der Waals surface area contributed by atoms with Gasteiger partial charge >= 0.3 is 0 Å². The molecule has 0 heterocycles. The highest BCUT2D eigenvalue weighted by Crippen LogP contribution is 2.63. The van der Waals surface area contributed by atoms with Crippen molar-refractivity contribution >= 4 is 7.92 Å². The zero-order valence-electron chi connectivity index (χ0n) is 11.9. The van der Waals surface area contributed by atoms with Gasteiger partial charge in [-0.15, -0.1) is 0 Å². The molecule has 0 unspecified atom stereocenters. The van der Waals surface area contributed by atoms with Crippen molar-refractivity contribution in [2.75, 3.05) is 0 Å². The first-order valence-corrected chi connectivity index (χ1v) is 9.37. The zero-order chi connectivity index (χ0) is 12.9. The summed E-state index contributed by atoms with van der Waals surface area (Å²) in [6.07, 6.45) is 26.7. The highest BCUT2D eigenvalue weighted by molar-refractivity contribution is 7.67. The van der Waals surface area contributed by atoms with Crippen LogP contribution in [0.3, 0.4) is 0 Å². The first-order valence-electron chi connectivity index (χ1n) is 7.96. The van der Waals surface area contributed by atoms with Crippen molar-refractivity contribution in [3.63, 3.8) is 0 Å². The minimum atomic E-state index is 0.00457. The van der Waals surface area contributed by atoms with E-state index in [-0.39, 0.29) is 7.92 Å². The summed E-state index contributed by atoms with van der Waals surface area (Å²) in [5, 5.41) is 3.57. The van der Waals surface area contributed by atoms with Crippen LogP contribution in [0.4, 0.5) is 0 Å². The number of hydrogen-bond donors (Lipinski definition) is 0. The van der Waals surface area contributed by atoms with Crippen molar-refractivity contribution in [2.45, 2.75) is 63.4 Å². The summed E-state index contributed by atoms with van der Waals surface area (Å²) in [4.78, 5) is 0. The third-order valence-corrected chi connectivity index (χ3v) is 7.77. The molecule has 0 N–H and O–H groups in total. The molecule has 0 radical (unpaired) electrons. The van der Waals surface area contributed by atoms with Gasteiger partial charge in [0.1, 0.15) is 0 Å². The topological polar surface area (TPSA) is 0 Å². The van der Waals surface area contributed by atoms with Crippen molar-refractivity contribution in [1.29, 1.82) is 0 Å². The summed E-state index contributed by atoms with van der Waals surface area (Å²) < 4.78 is 0. The fourth-order valence-corrected chi connectivity index (χ4v) is 7.00. The van der Waals surface area contributed by atoms with Crippen LogP contribution in [0.5, 0.6) is 0 Å². The Morgan fingerprint density at radius 1 is 0.789 bits per heavy atom. The largest absolute Gasteiger partial charge is 0.0842 e. The molecule has 1 fully saturated rings. The molecular weight excluding hydrogens is 247 g/mol. The Labute approximate surface area is 119 Å². The highest BCUT2D eigenvalue weighted by atomic mass is 31.1. The molecule has 0 spiro atoms. The fraction of sp³-hybridized carbons (Fsp3) is 0.556. The summed E-state index contributed by atoms with van der Waals surface area (Å²) in [5.41, 5.74) is 0.985. The van der Waals surface area contributed by atoms with Crippen molar-refractivity contribution in [1.82, 2.24) is 0 Å². The van der Waals surface area contributed by atoms with Crippen molar-refractivity contribution < 1.29 is 0 Å². The molecule has 102 valence electrons. The maximum absolute atomic E-state index is 2.45. The molecule has 1 heteroatoms. The van der Waals surface area contributed by atoms with Gasteiger partial charge < -0.3 is 0 Å². The summed E-state index contributed by atoms with van der Waals surface area (Å²) in [5.74, 6) is 0. The van der Waals surface area contributed by atoms with E-state index in [9.17, 15) is 0 Å². The molecule has 0 aromatic heterocycles. The van der Waals surface area contributed by atoms with Gasteiger partial charge in [-0.3, -0.25) is 0 Å². The second kappa shape index (κ2) is 6.71. The van der Waals surface area contributed by atoms with Crippen LogP contribution in [0.15, 0.2) is 47.1 Å². The normalized spacial score (nSPS) is 24.5. The molecule has 3 aliphatic rings. The van der Waals surface area contributed by atoms with Gasteiger partial charge in [-0.05, 0) is 62.7 Å². The van der Waals surface area contributed by atoms with E-state index in [2.05, 4.69) is 36.5 Å². The SMILES string of the molecule is C1=CCCC(P(C2=CC=CCC2)C2CCCCC2)=C1. The lowest BCUT2D eigenvalue weighted by Crippen LogP contribution is -2.13. The smallest absolute Gasteiger partial charge is 0.0135 e. The number of hydrogen-bond acceptors (Lipinski definition) is 0. The summed E-state index contributed by atoms with van der Waals surface area (Å²) in [7, 11) is 0.00457. The van der Waals surface area contributed by atoms with Crippen LogP contribution >= 0.6 is 7.92 Å². The Morgan fingerprint density at radius 2 is 1.37 bits per heavy atom. The molecule has 0 amide bonds. The first kappa shape index (κ1) is 13.4. The minimum absolute atomic E-state index is 0.00457. The lowest BCUT2D eigenvalue weighted by molar-refractivity contribution is 0.511. The van der Waals surface area contributed by atoms with E-state index >= 15 is 0 Å². The Kier molecular flexibility index (Phi) is 4.72. The predicted molar refractivity (Wildman–Crippen MR) is 86.7 cm³/mol. The molecular formula is C18H25P. The van der Waals surface area contributed by atoms with Gasteiger partial charge in [-0.1, -0.05) is 55.7 Å². The second-order valence-corrected chi connectivity index (χ2v) is 8.53. The van der Waals surface area contributed by atoms with Crippen molar-refractivity contribution in [3.05, 3.63) is 47.1 Å². The molecule has 3 aliphatic carbocycles. The van der Waals surface area contributed by atoms with E-state index in [1.54, 1.807) is 10.6 Å². The van der Waals surface area contributed by atoms with Crippen molar-refractivity contribution in [2.24, 2.45) is 0 Å². The van der Waals surface area contributed by atoms with Crippen LogP contribution in [0.2, 0.25) is 0 Å². The average Bonchev–Trinajstić information content (AvgIpc) is 2.51. The van der Waals surface area contributed by atoms with E-state index in [0.717, 1.165) is 5.66 Å². The maximum Gasteiger partial charge on any atom is -0.0135 e. The monoisotopic (exact) mass is 272 g/mol. The van der Waals surface area contributed by atoms with Gasteiger partial charge in [0.25, 0.3) is 0 Å². The molecule has 0 atom stereocenters. The molecule has 0 saturated heterocycles. The Hall–Kier alpha value is -0.610. The fourth-order valence-electron chi connectivity index (χ4n) is 3.57. The maximum atomic E-state index is 2.45. The van der Waals surface area contributed by atoms with Gasteiger partial charge in [-0.2, -0.15) is 0 Å². The van der Waals surface area contributed by atoms with E-state index in [0.29, 0.717) is 0 Å². The Balaban J connectivity index is 1.85.